The molecule has 0 N–H and O–H groups in total. The van der Waals surface area contributed by atoms with Crippen molar-refractivity contribution in [2.45, 2.75) is 64.7 Å². The van der Waals surface area contributed by atoms with Crippen LogP contribution in [0.15, 0.2) is 42.5 Å². The van der Waals surface area contributed by atoms with E-state index in [0.717, 1.165) is 24.3 Å². The molecule has 0 saturated heterocycles. The summed E-state index contributed by atoms with van der Waals surface area (Å²) in [5.41, 5.74) is 3.32. The van der Waals surface area contributed by atoms with Crippen LogP contribution >= 0.6 is 0 Å². The van der Waals surface area contributed by atoms with Crippen molar-refractivity contribution in [1.82, 2.24) is 0 Å². The minimum atomic E-state index is -0.416. The number of ether oxygens (including phenoxy) is 1. The fourth-order valence-electron chi connectivity index (χ4n) is 4.15. The monoisotopic (exact) mass is 375 g/mol. The van der Waals surface area contributed by atoms with E-state index in [9.17, 15) is 10.1 Å². The zero-order chi connectivity index (χ0) is 19.9. The lowest BCUT2D eigenvalue weighted by Gasteiger charge is -2.28. The van der Waals surface area contributed by atoms with E-state index in [4.69, 9.17) is 4.74 Å². The molecule has 1 aliphatic rings. The zero-order valence-corrected chi connectivity index (χ0v) is 16.9. The van der Waals surface area contributed by atoms with Gasteiger partial charge in [0.25, 0.3) is 0 Å². The molecule has 1 fully saturated rings. The summed E-state index contributed by atoms with van der Waals surface area (Å²) in [6, 6.07) is 15.4. The molecule has 2 aromatic rings. The molecule has 3 heteroatoms. The quantitative estimate of drug-likeness (QED) is 0.433. The Morgan fingerprint density at radius 2 is 1.79 bits per heavy atom. The van der Waals surface area contributed by atoms with Gasteiger partial charge in [-0.2, -0.15) is 5.26 Å². The summed E-state index contributed by atoms with van der Waals surface area (Å²) in [4.78, 5) is 12.5. The fourth-order valence-corrected chi connectivity index (χ4v) is 4.15. The van der Waals surface area contributed by atoms with Crippen LogP contribution in [0.2, 0.25) is 0 Å². The van der Waals surface area contributed by atoms with Crippen LogP contribution in [0, 0.1) is 17.2 Å². The van der Waals surface area contributed by atoms with Gasteiger partial charge in [0.1, 0.15) is 11.8 Å². The topological polar surface area (TPSA) is 50.1 Å². The predicted molar refractivity (Wildman–Crippen MR) is 112 cm³/mol. The second-order valence-electron chi connectivity index (χ2n) is 7.83. The number of benzene rings is 2. The molecule has 0 heterocycles. The number of aryl methyl sites for hydroxylation is 1. The predicted octanol–water partition coefficient (Wildman–Crippen LogP) is 6.41. The van der Waals surface area contributed by atoms with Crippen LogP contribution in [-0.4, -0.2) is 5.97 Å². The Hall–Kier alpha value is -2.60. The normalized spacial score (nSPS) is 19.0. The van der Waals surface area contributed by atoms with E-state index in [1.165, 1.54) is 37.7 Å². The lowest BCUT2D eigenvalue weighted by atomic mass is 9.78. The summed E-state index contributed by atoms with van der Waals surface area (Å²) in [5, 5.41) is 9.37. The SMILES string of the molecule is CCCc1ccc(OC(=O)c2ccc(C3CCC(CC)CC3)cc2)c(C#N)c1. The number of hydrogen-bond acceptors (Lipinski definition) is 3. The Kier molecular flexibility index (Phi) is 6.87. The van der Waals surface area contributed by atoms with Crippen LogP contribution in [0.1, 0.15) is 85.3 Å². The molecule has 0 amide bonds. The zero-order valence-electron chi connectivity index (χ0n) is 16.9. The standard InChI is InChI=1S/C25H29NO2/c1-3-5-19-8-15-24(23(16-19)17-26)28-25(27)22-13-11-21(12-14-22)20-9-6-18(4-2)7-10-20/h8,11-16,18,20H,3-7,9-10H2,1-2H3. The first-order valence-electron chi connectivity index (χ1n) is 10.5. The highest BCUT2D eigenvalue weighted by molar-refractivity contribution is 5.91. The third-order valence-electron chi connectivity index (χ3n) is 5.95. The Morgan fingerprint density at radius 3 is 2.39 bits per heavy atom. The van der Waals surface area contributed by atoms with Crippen LogP contribution in [0.5, 0.6) is 5.75 Å². The van der Waals surface area contributed by atoms with Gasteiger partial charge in [-0.25, -0.2) is 4.79 Å². The Labute approximate surface area is 168 Å². The Bertz CT molecular complexity index is 840. The second-order valence-corrected chi connectivity index (χ2v) is 7.83. The molecule has 0 radical (unpaired) electrons. The highest BCUT2D eigenvalue weighted by atomic mass is 16.5. The molecule has 3 nitrogen and oxygen atoms in total. The van der Waals surface area contributed by atoms with Crippen molar-refractivity contribution in [2.24, 2.45) is 5.92 Å². The first-order chi connectivity index (χ1) is 13.6. The van der Waals surface area contributed by atoms with E-state index in [0.29, 0.717) is 22.8 Å². The molecule has 0 atom stereocenters. The van der Waals surface area contributed by atoms with Gasteiger partial charge in [0.15, 0.2) is 0 Å². The molecule has 146 valence electrons. The van der Waals surface area contributed by atoms with Gasteiger partial charge in [0, 0.05) is 0 Å². The first kappa shape index (κ1) is 20.1. The minimum Gasteiger partial charge on any atom is -0.422 e. The maximum atomic E-state index is 12.5. The minimum absolute atomic E-state index is 0.328. The molecular weight excluding hydrogens is 346 g/mol. The van der Waals surface area contributed by atoms with Crippen LogP contribution in [0.4, 0.5) is 0 Å². The second kappa shape index (κ2) is 9.55. The van der Waals surface area contributed by atoms with Crippen molar-refractivity contribution >= 4 is 5.97 Å². The van der Waals surface area contributed by atoms with Crippen LogP contribution < -0.4 is 4.74 Å². The smallest absolute Gasteiger partial charge is 0.343 e. The van der Waals surface area contributed by atoms with Crippen LogP contribution in [0.3, 0.4) is 0 Å². The Morgan fingerprint density at radius 1 is 1.07 bits per heavy atom. The average Bonchev–Trinajstić information content (AvgIpc) is 2.75. The number of rotatable bonds is 6. The van der Waals surface area contributed by atoms with Gasteiger partial charge in [-0.15, -0.1) is 0 Å². The van der Waals surface area contributed by atoms with Crippen molar-refractivity contribution in [2.75, 3.05) is 0 Å². The summed E-state index contributed by atoms with van der Waals surface area (Å²) in [5.74, 6) is 1.39. The third kappa shape index (κ3) is 4.81. The van der Waals surface area contributed by atoms with Gasteiger partial charge < -0.3 is 4.74 Å². The maximum Gasteiger partial charge on any atom is 0.343 e. The van der Waals surface area contributed by atoms with Crippen LogP contribution in [-0.2, 0) is 6.42 Å². The third-order valence-corrected chi connectivity index (χ3v) is 5.95. The van der Waals surface area contributed by atoms with E-state index in [2.05, 4.69) is 32.0 Å². The number of carbonyl (C=O) groups is 1. The average molecular weight is 376 g/mol. The van der Waals surface area contributed by atoms with E-state index in [1.54, 1.807) is 6.07 Å². The number of hydrogen-bond donors (Lipinski definition) is 0. The molecule has 1 saturated carbocycles. The Balaban J connectivity index is 1.66. The summed E-state index contributed by atoms with van der Waals surface area (Å²) < 4.78 is 5.51. The van der Waals surface area contributed by atoms with E-state index < -0.39 is 5.97 Å². The number of nitriles is 1. The largest absolute Gasteiger partial charge is 0.422 e. The van der Waals surface area contributed by atoms with E-state index >= 15 is 0 Å². The maximum absolute atomic E-state index is 12.5. The van der Waals surface area contributed by atoms with Crippen molar-refractivity contribution in [3.8, 4) is 11.8 Å². The highest BCUT2D eigenvalue weighted by Gasteiger charge is 2.21. The lowest BCUT2D eigenvalue weighted by molar-refractivity contribution is 0.0734. The highest BCUT2D eigenvalue weighted by Crippen LogP contribution is 2.37. The molecule has 1 aliphatic carbocycles. The summed E-state index contributed by atoms with van der Waals surface area (Å²) in [6.07, 6.45) is 8.27. The first-order valence-corrected chi connectivity index (χ1v) is 10.5. The number of carbonyl (C=O) groups excluding carboxylic acids is 1. The molecular formula is C25H29NO2. The summed E-state index contributed by atoms with van der Waals surface area (Å²) in [6.45, 7) is 4.37. The molecule has 0 spiro atoms. The van der Waals surface area contributed by atoms with Gasteiger partial charge in [0.2, 0.25) is 0 Å². The molecule has 0 unspecified atom stereocenters. The van der Waals surface area contributed by atoms with Crippen molar-refractivity contribution in [1.29, 1.82) is 5.26 Å². The van der Waals surface area contributed by atoms with Gasteiger partial charge in [-0.3, -0.25) is 0 Å². The fraction of sp³-hybridized carbons (Fsp3) is 0.440. The van der Waals surface area contributed by atoms with E-state index in [1.807, 2.05) is 24.3 Å². The van der Waals surface area contributed by atoms with Gasteiger partial charge >= 0.3 is 5.97 Å². The van der Waals surface area contributed by atoms with E-state index in [-0.39, 0.29) is 0 Å². The molecule has 0 bridgehead atoms. The van der Waals surface area contributed by atoms with Gasteiger partial charge in [0.05, 0.1) is 11.1 Å². The van der Waals surface area contributed by atoms with Crippen molar-refractivity contribution in [3.05, 3.63) is 64.7 Å². The van der Waals surface area contributed by atoms with Gasteiger partial charge in [-0.05, 0) is 79.3 Å². The number of esters is 1. The molecule has 0 aromatic heterocycles. The molecule has 28 heavy (non-hydrogen) atoms. The summed E-state index contributed by atoms with van der Waals surface area (Å²) in [7, 11) is 0. The summed E-state index contributed by atoms with van der Waals surface area (Å²) >= 11 is 0. The lowest BCUT2D eigenvalue weighted by Crippen LogP contribution is -2.13. The van der Waals surface area contributed by atoms with Crippen molar-refractivity contribution in [3.63, 3.8) is 0 Å². The molecule has 0 aliphatic heterocycles. The molecule has 3 rings (SSSR count). The van der Waals surface area contributed by atoms with Crippen molar-refractivity contribution < 1.29 is 9.53 Å². The van der Waals surface area contributed by atoms with Gasteiger partial charge in [-0.1, -0.05) is 44.9 Å². The molecule has 2 aromatic carbocycles. The number of nitrogens with zero attached hydrogens (tertiary/aromatic N) is 1. The van der Waals surface area contributed by atoms with Crippen LogP contribution in [0.25, 0.3) is 0 Å².